The van der Waals surface area contributed by atoms with E-state index in [1.54, 1.807) is 0 Å². The molecule has 1 aromatic heterocycles. The van der Waals surface area contributed by atoms with Crippen LogP contribution < -0.4 is 10.6 Å². The lowest BCUT2D eigenvalue weighted by molar-refractivity contribution is 0.393. The second kappa shape index (κ2) is 5.51. The van der Waals surface area contributed by atoms with E-state index in [1.807, 2.05) is 24.4 Å². The summed E-state index contributed by atoms with van der Waals surface area (Å²) in [5.41, 5.74) is 5.47. The third kappa shape index (κ3) is 2.73. The molecule has 0 unspecified atom stereocenters. The Balaban J connectivity index is 1.83. The highest BCUT2D eigenvalue weighted by atomic mass is 15.4. The van der Waals surface area contributed by atoms with Gasteiger partial charge in [0.2, 0.25) is 0 Å². The fourth-order valence-electron chi connectivity index (χ4n) is 1.74. The predicted molar refractivity (Wildman–Crippen MR) is 65.7 cm³/mol. The molecular weight excluding hydrogens is 200 g/mol. The van der Waals surface area contributed by atoms with Crippen LogP contribution in [-0.2, 0) is 0 Å². The molecule has 0 radical (unpaired) electrons. The third-order valence-corrected chi connectivity index (χ3v) is 2.63. The Hall–Kier alpha value is -1.55. The number of unbranched alkanes of at least 4 members (excludes halogenated alkanes) is 1. The first-order valence-electron chi connectivity index (χ1n) is 5.70. The summed E-state index contributed by atoms with van der Waals surface area (Å²) in [6, 6.07) is 5.96. The van der Waals surface area contributed by atoms with E-state index in [-0.39, 0.29) is 0 Å². The Morgan fingerprint density at radius 1 is 1.25 bits per heavy atom. The van der Waals surface area contributed by atoms with E-state index < -0.39 is 0 Å². The van der Waals surface area contributed by atoms with Crippen molar-refractivity contribution in [2.45, 2.75) is 12.8 Å². The number of pyridine rings is 1. The van der Waals surface area contributed by atoms with Crippen LogP contribution in [-0.4, -0.2) is 29.6 Å². The van der Waals surface area contributed by atoms with Gasteiger partial charge in [0.15, 0.2) is 0 Å². The van der Waals surface area contributed by atoms with Crippen molar-refractivity contribution in [1.29, 1.82) is 0 Å². The molecule has 0 saturated heterocycles. The minimum atomic E-state index is 0.779. The number of hydrogen-bond acceptors (Lipinski definition) is 4. The van der Waals surface area contributed by atoms with Crippen LogP contribution in [0.5, 0.6) is 0 Å². The molecule has 0 atom stereocenters. The maximum absolute atomic E-state index is 5.47. The lowest BCUT2D eigenvalue weighted by Crippen LogP contribution is -2.26. The van der Waals surface area contributed by atoms with Gasteiger partial charge in [-0.1, -0.05) is 6.07 Å². The van der Waals surface area contributed by atoms with Gasteiger partial charge in [-0.25, -0.2) is 4.98 Å². The molecule has 2 N–H and O–H groups in total. The van der Waals surface area contributed by atoms with Gasteiger partial charge >= 0.3 is 0 Å². The second-order valence-corrected chi connectivity index (χ2v) is 3.91. The third-order valence-electron chi connectivity index (χ3n) is 2.63. The zero-order valence-electron chi connectivity index (χ0n) is 9.42. The summed E-state index contributed by atoms with van der Waals surface area (Å²) in [4.78, 5) is 8.74. The SMILES string of the molecule is NCCCCN1C=CN(c2ccccn2)C1. The summed E-state index contributed by atoms with van der Waals surface area (Å²) in [5, 5.41) is 0. The molecule has 1 aliphatic rings. The Bertz CT molecular complexity index is 336. The molecule has 0 saturated carbocycles. The van der Waals surface area contributed by atoms with Crippen molar-refractivity contribution < 1.29 is 0 Å². The molecular formula is C12H18N4. The van der Waals surface area contributed by atoms with Gasteiger partial charge in [-0.05, 0) is 31.5 Å². The molecule has 0 bridgehead atoms. The van der Waals surface area contributed by atoms with E-state index in [9.17, 15) is 0 Å². The number of nitrogens with zero attached hydrogens (tertiary/aromatic N) is 3. The van der Waals surface area contributed by atoms with Crippen LogP contribution >= 0.6 is 0 Å². The van der Waals surface area contributed by atoms with Crippen LogP contribution in [0, 0.1) is 0 Å². The molecule has 0 aromatic carbocycles. The molecule has 4 nitrogen and oxygen atoms in total. The summed E-state index contributed by atoms with van der Waals surface area (Å²) >= 11 is 0. The lowest BCUT2D eigenvalue weighted by atomic mass is 10.3. The minimum absolute atomic E-state index is 0.779. The molecule has 0 aliphatic carbocycles. The Morgan fingerprint density at radius 2 is 2.19 bits per heavy atom. The summed E-state index contributed by atoms with van der Waals surface area (Å²) < 4.78 is 0. The van der Waals surface area contributed by atoms with Crippen LogP contribution in [0.2, 0.25) is 0 Å². The monoisotopic (exact) mass is 218 g/mol. The fourth-order valence-corrected chi connectivity index (χ4v) is 1.74. The molecule has 1 aromatic rings. The first kappa shape index (κ1) is 11.0. The van der Waals surface area contributed by atoms with Gasteiger partial charge < -0.3 is 15.5 Å². The van der Waals surface area contributed by atoms with E-state index >= 15 is 0 Å². The number of hydrogen-bond donors (Lipinski definition) is 1. The topological polar surface area (TPSA) is 45.4 Å². The average molecular weight is 218 g/mol. The van der Waals surface area contributed by atoms with E-state index in [0.717, 1.165) is 38.4 Å². The van der Waals surface area contributed by atoms with Crippen molar-refractivity contribution in [3.05, 3.63) is 36.8 Å². The maximum atomic E-state index is 5.47. The highest BCUT2D eigenvalue weighted by Crippen LogP contribution is 2.15. The fraction of sp³-hybridized carbons (Fsp3) is 0.417. The summed E-state index contributed by atoms with van der Waals surface area (Å²) in [6.45, 7) is 2.74. The molecule has 16 heavy (non-hydrogen) atoms. The van der Waals surface area contributed by atoms with Crippen molar-refractivity contribution >= 4 is 5.82 Å². The second-order valence-electron chi connectivity index (χ2n) is 3.91. The summed E-state index contributed by atoms with van der Waals surface area (Å²) in [6.07, 6.45) is 8.25. The van der Waals surface area contributed by atoms with Crippen molar-refractivity contribution in [1.82, 2.24) is 9.88 Å². The molecule has 2 rings (SSSR count). The van der Waals surface area contributed by atoms with Gasteiger partial charge in [-0.3, -0.25) is 0 Å². The van der Waals surface area contributed by atoms with E-state index in [0.29, 0.717) is 0 Å². The summed E-state index contributed by atoms with van der Waals surface area (Å²) in [5.74, 6) is 1.00. The molecule has 4 heteroatoms. The zero-order chi connectivity index (χ0) is 11.2. The first-order valence-corrected chi connectivity index (χ1v) is 5.70. The van der Waals surface area contributed by atoms with Gasteiger partial charge in [-0.2, -0.15) is 0 Å². The smallest absolute Gasteiger partial charge is 0.133 e. The van der Waals surface area contributed by atoms with Gasteiger partial charge in [0, 0.05) is 25.1 Å². The number of nitrogens with two attached hydrogens (primary N) is 1. The lowest BCUT2D eigenvalue weighted by Gasteiger charge is -2.20. The van der Waals surface area contributed by atoms with Crippen LogP contribution in [0.15, 0.2) is 36.8 Å². The molecule has 86 valence electrons. The first-order chi connectivity index (χ1) is 7.90. The van der Waals surface area contributed by atoms with Crippen molar-refractivity contribution in [2.75, 3.05) is 24.7 Å². The highest BCUT2D eigenvalue weighted by molar-refractivity contribution is 5.42. The van der Waals surface area contributed by atoms with Crippen molar-refractivity contribution in [3.8, 4) is 0 Å². The largest absolute Gasteiger partial charge is 0.358 e. The van der Waals surface area contributed by atoms with Crippen LogP contribution in [0.1, 0.15) is 12.8 Å². The van der Waals surface area contributed by atoms with E-state index in [4.69, 9.17) is 5.73 Å². The predicted octanol–water partition coefficient (Wildman–Crippen LogP) is 1.37. The highest BCUT2D eigenvalue weighted by Gasteiger charge is 2.13. The number of aromatic nitrogens is 1. The normalized spacial score (nSPS) is 14.8. The number of anilines is 1. The minimum Gasteiger partial charge on any atom is -0.358 e. The average Bonchev–Trinajstić information content (AvgIpc) is 2.79. The number of rotatable bonds is 5. The molecule has 0 amide bonds. The van der Waals surface area contributed by atoms with Gasteiger partial charge in [0.1, 0.15) is 5.82 Å². The van der Waals surface area contributed by atoms with Crippen LogP contribution in [0.25, 0.3) is 0 Å². The Kier molecular flexibility index (Phi) is 3.77. The van der Waals surface area contributed by atoms with Gasteiger partial charge in [-0.15, -0.1) is 0 Å². The Morgan fingerprint density at radius 3 is 2.94 bits per heavy atom. The Labute approximate surface area is 96.4 Å². The van der Waals surface area contributed by atoms with Gasteiger partial charge in [0.05, 0.1) is 6.67 Å². The van der Waals surface area contributed by atoms with Crippen molar-refractivity contribution in [2.24, 2.45) is 5.73 Å². The quantitative estimate of drug-likeness (QED) is 0.758. The zero-order valence-corrected chi connectivity index (χ0v) is 9.42. The molecule has 0 fully saturated rings. The standard InChI is InChI=1S/C12H18N4/c13-6-2-4-8-15-9-10-16(11-15)12-5-1-3-7-14-12/h1,3,5,7,9-10H,2,4,6,8,11,13H2. The molecule has 1 aliphatic heterocycles. The van der Waals surface area contributed by atoms with E-state index in [1.165, 1.54) is 0 Å². The van der Waals surface area contributed by atoms with Gasteiger partial charge in [0.25, 0.3) is 0 Å². The van der Waals surface area contributed by atoms with Crippen molar-refractivity contribution in [3.63, 3.8) is 0 Å². The van der Waals surface area contributed by atoms with E-state index in [2.05, 4.69) is 27.2 Å². The molecule has 2 heterocycles. The van der Waals surface area contributed by atoms with Crippen LogP contribution in [0.4, 0.5) is 5.82 Å². The van der Waals surface area contributed by atoms with Crippen LogP contribution in [0.3, 0.4) is 0 Å². The maximum Gasteiger partial charge on any atom is 0.133 e. The summed E-state index contributed by atoms with van der Waals surface area (Å²) in [7, 11) is 0. The molecule has 0 spiro atoms.